The lowest BCUT2D eigenvalue weighted by atomic mass is 10.0. The second kappa shape index (κ2) is 34.6. The number of carboxylic acid groups (broad SMARTS) is 1. The average Bonchev–Trinajstić information content (AvgIpc) is 3.08. The molecule has 3 atom stereocenters. The van der Waals surface area contributed by atoms with Gasteiger partial charge in [0.2, 0.25) is 0 Å². The fraction of sp³-hybridized carbons (Fsp3) is 0.921. The highest BCUT2D eigenvalue weighted by Gasteiger charge is 2.28. The van der Waals surface area contributed by atoms with Crippen LogP contribution in [0, 0.1) is 0 Å². The molecule has 4 N–H and O–H groups in total. The second-order valence-electron chi connectivity index (χ2n) is 13.8. The summed E-state index contributed by atoms with van der Waals surface area (Å²) in [5.41, 5.74) is 5.30. The van der Waals surface area contributed by atoms with Crippen LogP contribution in [-0.4, -0.2) is 59.9 Å². The van der Waals surface area contributed by atoms with Crippen molar-refractivity contribution in [2.45, 2.75) is 206 Å². The van der Waals surface area contributed by atoms with Crippen molar-refractivity contribution in [2.75, 3.05) is 19.8 Å². The maximum absolute atomic E-state index is 12.5. The maximum atomic E-state index is 12.5. The molecule has 0 bridgehead atoms. The Morgan fingerprint density at radius 2 is 0.880 bits per heavy atom. The molecule has 0 fully saturated rings. The summed E-state index contributed by atoms with van der Waals surface area (Å²) in [6.45, 7) is 2.71. The Labute approximate surface area is 304 Å². The van der Waals surface area contributed by atoms with Crippen molar-refractivity contribution in [3.8, 4) is 0 Å². The van der Waals surface area contributed by atoms with Crippen molar-refractivity contribution in [2.24, 2.45) is 5.73 Å². The van der Waals surface area contributed by atoms with Gasteiger partial charge >= 0.3 is 25.7 Å². The van der Waals surface area contributed by atoms with Crippen molar-refractivity contribution >= 4 is 25.7 Å². The summed E-state index contributed by atoms with van der Waals surface area (Å²) in [7, 11) is -4.69. The molecule has 11 nitrogen and oxygen atoms in total. The number of hydrogen-bond donors (Lipinski definition) is 3. The Bertz CT molecular complexity index is 875. The summed E-state index contributed by atoms with van der Waals surface area (Å²) in [4.78, 5) is 45.4. The molecule has 0 amide bonds. The third kappa shape index (κ3) is 33.6. The van der Waals surface area contributed by atoms with Gasteiger partial charge in [-0.25, -0.2) is 4.57 Å². The van der Waals surface area contributed by atoms with E-state index in [1.165, 1.54) is 109 Å². The first kappa shape index (κ1) is 48.5. The lowest BCUT2D eigenvalue weighted by Gasteiger charge is -2.20. The quantitative estimate of drug-likeness (QED) is 0.0313. The lowest BCUT2D eigenvalue weighted by Crippen LogP contribution is -2.34. The van der Waals surface area contributed by atoms with Crippen LogP contribution in [0.4, 0.5) is 0 Å². The predicted octanol–water partition coefficient (Wildman–Crippen LogP) is 9.95. The van der Waals surface area contributed by atoms with Crippen molar-refractivity contribution in [3.63, 3.8) is 0 Å². The van der Waals surface area contributed by atoms with Crippen LogP contribution in [0.25, 0.3) is 0 Å². The largest absolute Gasteiger partial charge is 0.480 e. The molecular weight excluding hydrogens is 661 g/mol. The van der Waals surface area contributed by atoms with E-state index in [1.54, 1.807) is 0 Å². The summed E-state index contributed by atoms with van der Waals surface area (Å²) in [6, 6.07) is -1.51. The zero-order chi connectivity index (χ0) is 37.1. The van der Waals surface area contributed by atoms with Gasteiger partial charge < -0.3 is 25.2 Å². The molecule has 0 aliphatic carbocycles. The fourth-order valence-electron chi connectivity index (χ4n) is 5.65. The van der Waals surface area contributed by atoms with Crippen LogP contribution in [0.15, 0.2) is 0 Å². The number of aliphatic carboxylic acids is 1. The van der Waals surface area contributed by atoms with Crippen LogP contribution in [0.2, 0.25) is 0 Å². The molecule has 3 unspecified atom stereocenters. The number of unbranched alkanes of at least 4 members (excludes halogenated alkanes) is 24. The predicted molar refractivity (Wildman–Crippen MR) is 199 cm³/mol. The molecule has 0 spiro atoms. The van der Waals surface area contributed by atoms with E-state index in [9.17, 15) is 23.8 Å². The zero-order valence-electron chi connectivity index (χ0n) is 31.8. The number of hydrogen-bond acceptors (Lipinski definition) is 9. The van der Waals surface area contributed by atoms with Crippen LogP contribution in [-0.2, 0) is 37.5 Å². The van der Waals surface area contributed by atoms with Gasteiger partial charge in [-0.15, -0.1) is 0 Å². The topological polar surface area (TPSA) is 172 Å². The molecule has 0 heterocycles. The molecule has 0 rings (SSSR count). The summed E-state index contributed by atoms with van der Waals surface area (Å²) >= 11 is 0. The molecule has 0 aromatic carbocycles. The molecule has 0 aliphatic heterocycles. The van der Waals surface area contributed by atoms with Gasteiger partial charge in [0.05, 0.1) is 13.2 Å². The third-order valence-corrected chi connectivity index (χ3v) is 9.81. The van der Waals surface area contributed by atoms with Gasteiger partial charge in [-0.05, 0) is 12.8 Å². The van der Waals surface area contributed by atoms with E-state index in [0.717, 1.165) is 44.9 Å². The van der Waals surface area contributed by atoms with Gasteiger partial charge in [-0.3, -0.25) is 23.4 Å². The monoisotopic (exact) mass is 736 g/mol. The van der Waals surface area contributed by atoms with E-state index in [4.69, 9.17) is 24.8 Å². The number of rotatable bonds is 38. The lowest BCUT2D eigenvalue weighted by molar-refractivity contribution is -0.161. The van der Waals surface area contributed by atoms with Crippen molar-refractivity contribution in [3.05, 3.63) is 0 Å². The van der Waals surface area contributed by atoms with Gasteiger partial charge in [0.25, 0.3) is 0 Å². The minimum Gasteiger partial charge on any atom is -0.480 e. The van der Waals surface area contributed by atoms with Crippen molar-refractivity contribution in [1.82, 2.24) is 0 Å². The van der Waals surface area contributed by atoms with Gasteiger partial charge in [0.1, 0.15) is 12.6 Å². The van der Waals surface area contributed by atoms with E-state index in [2.05, 4.69) is 18.4 Å². The first-order chi connectivity index (χ1) is 24.1. The molecule has 0 saturated heterocycles. The molecule has 0 aromatic heterocycles. The molecule has 50 heavy (non-hydrogen) atoms. The number of ether oxygens (including phenoxy) is 2. The van der Waals surface area contributed by atoms with Crippen LogP contribution < -0.4 is 5.73 Å². The Morgan fingerprint density at radius 3 is 1.26 bits per heavy atom. The Morgan fingerprint density at radius 1 is 0.540 bits per heavy atom. The molecule has 0 aromatic rings. The number of nitrogens with two attached hydrogens (primary N) is 1. The highest BCUT2D eigenvalue weighted by molar-refractivity contribution is 7.47. The molecule has 12 heteroatoms. The minimum absolute atomic E-state index is 0.168. The van der Waals surface area contributed by atoms with Gasteiger partial charge in [0.15, 0.2) is 6.10 Å². The smallest absolute Gasteiger partial charge is 0.472 e. The van der Waals surface area contributed by atoms with E-state index < -0.39 is 51.1 Å². The van der Waals surface area contributed by atoms with E-state index >= 15 is 0 Å². The Kier molecular flexibility index (Phi) is 33.5. The number of esters is 2. The highest BCUT2D eigenvalue weighted by Crippen LogP contribution is 2.43. The average molecular weight is 736 g/mol. The van der Waals surface area contributed by atoms with Crippen LogP contribution >= 0.6 is 7.82 Å². The van der Waals surface area contributed by atoms with Crippen molar-refractivity contribution in [1.29, 1.82) is 0 Å². The Balaban J connectivity index is 4.11. The summed E-state index contributed by atoms with van der Waals surface area (Å²) < 4.78 is 32.4. The van der Waals surface area contributed by atoms with Crippen LogP contribution in [0.5, 0.6) is 0 Å². The number of phosphoric ester groups is 1. The minimum atomic E-state index is -4.69. The SMILES string of the molecule is CCCCCCCCCCCCCCCCCCCCCCCC(=O)OC(COC(=O)CCCCCCC)COP(=O)(O)OCC(N)C(=O)O. The molecule has 0 aliphatic rings. The Hall–Kier alpha value is -1.52. The standard InChI is InChI=1S/C38H74NO10P/c1-3-5-7-9-10-11-12-13-14-15-16-17-18-19-20-21-22-23-24-26-28-30-37(41)49-34(31-46-36(40)29-27-25-8-6-4-2)32-47-50(44,45)48-33-35(39)38(42)43/h34-35H,3-33,39H2,1-2H3,(H,42,43)(H,44,45). The molecule has 296 valence electrons. The van der Waals surface area contributed by atoms with Gasteiger partial charge in [0, 0.05) is 12.8 Å². The number of carbonyl (C=O) groups is 3. The second-order valence-corrected chi connectivity index (χ2v) is 15.2. The van der Waals surface area contributed by atoms with E-state index in [1.807, 2.05) is 0 Å². The third-order valence-electron chi connectivity index (χ3n) is 8.86. The number of carboxylic acids is 1. The first-order valence-electron chi connectivity index (χ1n) is 20.1. The molecular formula is C38H74NO10P. The summed E-state index contributed by atoms with van der Waals surface area (Å²) in [5, 5.41) is 8.83. The van der Waals surface area contributed by atoms with Crippen molar-refractivity contribution < 1.29 is 47.5 Å². The van der Waals surface area contributed by atoms with Gasteiger partial charge in [-0.1, -0.05) is 168 Å². The molecule has 0 radical (unpaired) electrons. The van der Waals surface area contributed by atoms with E-state index in [0.29, 0.717) is 12.8 Å². The first-order valence-corrected chi connectivity index (χ1v) is 21.6. The summed E-state index contributed by atoms with van der Waals surface area (Å²) in [6.07, 6.45) is 30.9. The summed E-state index contributed by atoms with van der Waals surface area (Å²) in [5.74, 6) is -2.38. The highest BCUT2D eigenvalue weighted by atomic mass is 31.2. The maximum Gasteiger partial charge on any atom is 0.472 e. The normalized spacial score (nSPS) is 13.8. The number of carbonyl (C=O) groups excluding carboxylic acids is 2. The van der Waals surface area contributed by atoms with Gasteiger partial charge in [-0.2, -0.15) is 0 Å². The van der Waals surface area contributed by atoms with Crippen LogP contribution in [0.3, 0.4) is 0 Å². The van der Waals surface area contributed by atoms with Crippen LogP contribution in [0.1, 0.15) is 194 Å². The zero-order valence-corrected chi connectivity index (χ0v) is 32.7. The van der Waals surface area contributed by atoms with E-state index in [-0.39, 0.29) is 19.4 Å². The fourth-order valence-corrected chi connectivity index (χ4v) is 6.43. The molecule has 0 saturated carbocycles. The number of phosphoric acid groups is 1.